The van der Waals surface area contributed by atoms with Crippen LogP contribution in [0.15, 0.2) is 17.2 Å². The van der Waals surface area contributed by atoms with E-state index in [-0.39, 0.29) is 11.7 Å². The summed E-state index contributed by atoms with van der Waals surface area (Å²) in [6.07, 6.45) is 6.55. The van der Waals surface area contributed by atoms with Crippen molar-refractivity contribution in [2.24, 2.45) is 5.92 Å². The summed E-state index contributed by atoms with van der Waals surface area (Å²) in [5.74, 6) is -1.22. The zero-order valence-electron chi connectivity index (χ0n) is 8.35. The number of carboxylic acids is 1. The van der Waals surface area contributed by atoms with E-state index in [1.54, 1.807) is 12.4 Å². The van der Waals surface area contributed by atoms with E-state index in [1.807, 2.05) is 0 Å². The number of carboxylic acid groups (broad SMARTS) is 1. The predicted octanol–water partition coefficient (Wildman–Crippen LogP) is 0.992. The van der Waals surface area contributed by atoms with E-state index >= 15 is 0 Å². The minimum atomic E-state index is -0.798. The number of aliphatic carboxylic acids is 1. The number of carbonyl (C=O) groups is 1. The van der Waals surface area contributed by atoms with E-state index < -0.39 is 11.9 Å². The molecule has 1 aliphatic rings. The molecule has 0 bridgehead atoms. The van der Waals surface area contributed by atoms with Crippen LogP contribution in [-0.2, 0) is 4.79 Å². The maximum Gasteiger partial charge on any atom is 0.325 e. The highest BCUT2D eigenvalue weighted by Gasteiger charge is 2.32. The first-order valence-corrected chi connectivity index (χ1v) is 5.18. The van der Waals surface area contributed by atoms with Gasteiger partial charge in [0.2, 0.25) is 0 Å². The molecule has 15 heavy (non-hydrogen) atoms. The van der Waals surface area contributed by atoms with Crippen LogP contribution in [0.5, 0.6) is 0 Å². The monoisotopic (exact) mass is 210 g/mol. The molecule has 2 N–H and O–H groups in total. The lowest BCUT2D eigenvalue weighted by atomic mass is 9.84. The Morgan fingerprint density at radius 2 is 2.20 bits per heavy atom. The lowest BCUT2D eigenvalue weighted by Gasteiger charge is -2.28. The van der Waals surface area contributed by atoms with Gasteiger partial charge < -0.3 is 10.1 Å². The molecule has 0 saturated heterocycles. The highest BCUT2D eigenvalue weighted by molar-refractivity contribution is 5.70. The summed E-state index contributed by atoms with van der Waals surface area (Å²) < 4.78 is 1.51. The average Bonchev–Trinajstić information content (AvgIpc) is 2.64. The first-order valence-electron chi connectivity index (χ1n) is 5.18. The molecule has 1 fully saturated rings. The third kappa shape index (κ3) is 1.82. The summed E-state index contributed by atoms with van der Waals surface area (Å²) >= 11 is 0. The van der Waals surface area contributed by atoms with E-state index in [2.05, 4.69) is 4.98 Å². The molecule has 0 aromatic carbocycles. The van der Waals surface area contributed by atoms with Crippen LogP contribution in [0.3, 0.4) is 0 Å². The second-order valence-corrected chi connectivity index (χ2v) is 3.97. The maximum absolute atomic E-state index is 11.4. The standard InChI is InChI=1S/C10H14N2O3/c13-9(14)7-3-1-2-4-8(7)12-6-5-11-10(12)15/h5-8H,1-4H2,(H,11,15)(H,13,14). The second-order valence-electron chi connectivity index (χ2n) is 3.97. The molecule has 0 aliphatic heterocycles. The number of imidazole rings is 1. The zero-order chi connectivity index (χ0) is 10.8. The SMILES string of the molecule is O=C(O)C1CCCCC1n1cc[nH]c1=O. The number of nitrogens with zero attached hydrogens (tertiary/aromatic N) is 1. The Kier molecular flexibility index (Phi) is 2.62. The van der Waals surface area contributed by atoms with Gasteiger partial charge in [0.25, 0.3) is 0 Å². The van der Waals surface area contributed by atoms with Gasteiger partial charge in [-0.05, 0) is 12.8 Å². The number of H-pyrrole nitrogens is 1. The Bertz CT molecular complexity index is 407. The predicted molar refractivity (Wildman–Crippen MR) is 53.7 cm³/mol. The summed E-state index contributed by atoms with van der Waals surface area (Å²) in [6, 6.07) is -0.185. The van der Waals surface area contributed by atoms with E-state index in [0.717, 1.165) is 19.3 Å². The molecule has 1 heterocycles. The van der Waals surface area contributed by atoms with Crippen molar-refractivity contribution in [1.82, 2.24) is 9.55 Å². The second kappa shape index (κ2) is 3.92. The van der Waals surface area contributed by atoms with Crippen molar-refractivity contribution in [1.29, 1.82) is 0 Å². The van der Waals surface area contributed by atoms with Crippen LogP contribution in [0, 0.1) is 5.92 Å². The van der Waals surface area contributed by atoms with E-state index in [0.29, 0.717) is 6.42 Å². The Morgan fingerprint density at radius 1 is 1.47 bits per heavy atom. The van der Waals surface area contributed by atoms with Crippen LogP contribution in [-0.4, -0.2) is 20.6 Å². The Labute approximate surface area is 86.7 Å². The Balaban J connectivity index is 2.29. The number of aromatic amines is 1. The molecular weight excluding hydrogens is 196 g/mol. The van der Waals surface area contributed by atoms with Gasteiger partial charge in [0.05, 0.1) is 12.0 Å². The van der Waals surface area contributed by atoms with Crippen molar-refractivity contribution in [3.63, 3.8) is 0 Å². The van der Waals surface area contributed by atoms with Crippen LogP contribution in [0.1, 0.15) is 31.7 Å². The van der Waals surface area contributed by atoms with Gasteiger partial charge in [-0.1, -0.05) is 12.8 Å². The third-order valence-electron chi connectivity index (χ3n) is 3.08. The lowest BCUT2D eigenvalue weighted by Crippen LogP contribution is -2.33. The molecule has 5 nitrogen and oxygen atoms in total. The smallest absolute Gasteiger partial charge is 0.325 e. The Hall–Kier alpha value is -1.52. The lowest BCUT2D eigenvalue weighted by molar-refractivity contribution is -0.144. The summed E-state index contributed by atoms with van der Waals surface area (Å²) in [6.45, 7) is 0. The van der Waals surface area contributed by atoms with Gasteiger partial charge in [-0.3, -0.25) is 9.36 Å². The van der Waals surface area contributed by atoms with Gasteiger partial charge in [-0.15, -0.1) is 0 Å². The molecule has 2 unspecified atom stereocenters. The molecule has 0 spiro atoms. The summed E-state index contributed by atoms with van der Waals surface area (Å²) in [7, 11) is 0. The van der Waals surface area contributed by atoms with Crippen LogP contribution >= 0.6 is 0 Å². The highest BCUT2D eigenvalue weighted by atomic mass is 16.4. The van der Waals surface area contributed by atoms with Crippen LogP contribution in [0.2, 0.25) is 0 Å². The molecule has 2 rings (SSSR count). The van der Waals surface area contributed by atoms with Gasteiger partial charge in [0.15, 0.2) is 0 Å². The molecule has 1 aromatic heterocycles. The Morgan fingerprint density at radius 3 is 2.80 bits per heavy atom. The van der Waals surface area contributed by atoms with Crippen LogP contribution in [0.25, 0.3) is 0 Å². The average molecular weight is 210 g/mol. The van der Waals surface area contributed by atoms with Crippen LogP contribution < -0.4 is 5.69 Å². The summed E-state index contributed by atoms with van der Waals surface area (Å²) in [5, 5.41) is 9.07. The molecule has 1 aromatic rings. The number of hydrogen-bond acceptors (Lipinski definition) is 2. The molecule has 82 valence electrons. The van der Waals surface area contributed by atoms with Crippen molar-refractivity contribution in [3.05, 3.63) is 22.9 Å². The maximum atomic E-state index is 11.4. The van der Waals surface area contributed by atoms with Gasteiger partial charge in [0.1, 0.15) is 0 Å². The molecule has 0 amide bonds. The van der Waals surface area contributed by atoms with E-state index in [1.165, 1.54) is 4.57 Å². The fourth-order valence-corrected chi connectivity index (χ4v) is 2.32. The first-order chi connectivity index (χ1) is 7.20. The number of aromatic nitrogens is 2. The van der Waals surface area contributed by atoms with Gasteiger partial charge in [-0.2, -0.15) is 0 Å². The van der Waals surface area contributed by atoms with Crippen molar-refractivity contribution < 1.29 is 9.90 Å². The molecular formula is C10H14N2O3. The quantitative estimate of drug-likeness (QED) is 0.764. The molecule has 1 aliphatic carbocycles. The molecule has 5 heteroatoms. The topological polar surface area (TPSA) is 75.1 Å². The summed E-state index contributed by atoms with van der Waals surface area (Å²) in [4.78, 5) is 25.0. The summed E-state index contributed by atoms with van der Waals surface area (Å²) in [5.41, 5.74) is -0.215. The van der Waals surface area contributed by atoms with E-state index in [9.17, 15) is 9.59 Å². The molecule has 2 atom stereocenters. The van der Waals surface area contributed by atoms with Crippen molar-refractivity contribution in [2.75, 3.05) is 0 Å². The van der Waals surface area contributed by atoms with Gasteiger partial charge >= 0.3 is 11.7 Å². The zero-order valence-corrected chi connectivity index (χ0v) is 8.35. The first kappa shape index (κ1) is 10.0. The minimum Gasteiger partial charge on any atom is -0.481 e. The fourth-order valence-electron chi connectivity index (χ4n) is 2.32. The van der Waals surface area contributed by atoms with Gasteiger partial charge in [0, 0.05) is 12.4 Å². The van der Waals surface area contributed by atoms with E-state index in [4.69, 9.17) is 5.11 Å². The third-order valence-corrected chi connectivity index (χ3v) is 3.08. The van der Waals surface area contributed by atoms with Crippen molar-refractivity contribution >= 4 is 5.97 Å². The largest absolute Gasteiger partial charge is 0.481 e. The molecule has 0 radical (unpaired) electrons. The number of nitrogens with one attached hydrogen (secondary N) is 1. The fraction of sp³-hybridized carbons (Fsp3) is 0.600. The van der Waals surface area contributed by atoms with Crippen LogP contribution in [0.4, 0.5) is 0 Å². The van der Waals surface area contributed by atoms with Crippen molar-refractivity contribution in [3.8, 4) is 0 Å². The highest BCUT2D eigenvalue weighted by Crippen LogP contribution is 2.32. The van der Waals surface area contributed by atoms with Crippen molar-refractivity contribution in [2.45, 2.75) is 31.7 Å². The normalized spacial score (nSPS) is 26.4. The minimum absolute atomic E-state index is 0.185. The van der Waals surface area contributed by atoms with Gasteiger partial charge in [-0.25, -0.2) is 4.79 Å². The number of rotatable bonds is 2. The number of hydrogen-bond donors (Lipinski definition) is 2. The molecule has 1 saturated carbocycles.